The summed E-state index contributed by atoms with van der Waals surface area (Å²) in [7, 11) is -3.02. The van der Waals surface area contributed by atoms with Gasteiger partial charge in [-0.15, -0.1) is 0 Å². The number of hydrogen-bond donors (Lipinski definition) is 1. The molecule has 0 saturated heterocycles. The lowest BCUT2D eigenvalue weighted by molar-refractivity contribution is 0.165. The van der Waals surface area contributed by atoms with Gasteiger partial charge in [-0.05, 0) is 13.3 Å². The van der Waals surface area contributed by atoms with Crippen LogP contribution in [-0.2, 0) is 16.4 Å². The molecule has 15 heavy (non-hydrogen) atoms. The van der Waals surface area contributed by atoms with Crippen LogP contribution >= 0.6 is 0 Å². The molecule has 1 rings (SSSR count). The molecule has 0 aliphatic heterocycles. The molecule has 0 spiro atoms. The van der Waals surface area contributed by atoms with Gasteiger partial charge in [-0.3, -0.25) is 0 Å². The van der Waals surface area contributed by atoms with E-state index < -0.39 is 15.9 Å². The van der Waals surface area contributed by atoms with Crippen LogP contribution in [-0.4, -0.2) is 35.1 Å². The molecular formula is C9H16N2O3S. The summed E-state index contributed by atoms with van der Waals surface area (Å²) in [5.74, 6) is -0.0109. The first kappa shape index (κ1) is 12.2. The van der Waals surface area contributed by atoms with Crippen molar-refractivity contribution in [2.75, 3.05) is 12.0 Å². The van der Waals surface area contributed by atoms with E-state index in [2.05, 4.69) is 4.98 Å². The quantitative estimate of drug-likeness (QED) is 0.796. The van der Waals surface area contributed by atoms with E-state index in [4.69, 9.17) is 0 Å². The number of sulfone groups is 1. The van der Waals surface area contributed by atoms with Crippen molar-refractivity contribution in [3.63, 3.8) is 0 Å². The van der Waals surface area contributed by atoms with Crippen LogP contribution in [0, 0.1) is 0 Å². The Morgan fingerprint density at radius 1 is 1.60 bits per heavy atom. The zero-order valence-corrected chi connectivity index (χ0v) is 9.74. The van der Waals surface area contributed by atoms with Gasteiger partial charge >= 0.3 is 0 Å². The summed E-state index contributed by atoms with van der Waals surface area (Å²) in [6.07, 6.45) is 3.80. The predicted octanol–water partition coefficient (Wildman–Crippen LogP) is 0.371. The summed E-state index contributed by atoms with van der Waals surface area (Å²) in [5, 5.41) is 9.76. The lowest BCUT2D eigenvalue weighted by Crippen LogP contribution is -2.11. The van der Waals surface area contributed by atoms with E-state index in [9.17, 15) is 13.5 Å². The third-order valence-electron chi connectivity index (χ3n) is 2.19. The van der Waals surface area contributed by atoms with E-state index in [0.717, 1.165) is 6.26 Å². The second kappa shape index (κ2) is 4.76. The van der Waals surface area contributed by atoms with E-state index >= 15 is 0 Å². The highest BCUT2D eigenvalue weighted by Crippen LogP contribution is 2.16. The molecule has 1 N–H and O–H groups in total. The van der Waals surface area contributed by atoms with Crippen LogP contribution in [0.5, 0.6) is 0 Å². The fourth-order valence-electron chi connectivity index (χ4n) is 1.35. The van der Waals surface area contributed by atoms with Gasteiger partial charge in [-0.1, -0.05) is 0 Å². The zero-order valence-electron chi connectivity index (χ0n) is 8.92. The van der Waals surface area contributed by atoms with Crippen LogP contribution in [0.1, 0.15) is 25.1 Å². The standard InChI is InChI=1S/C9H16N2O3S/c1-3-11-7-10-6-8(11)9(12)4-5-15(2,13)14/h6-7,9,12H,3-5H2,1-2H3. The Labute approximate surface area is 89.7 Å². The molecule has 0 fully saturated rings. The molecule has 6 heteroatoms. The summed E-state index contributed by atoms with van der Waals surface area (Å²) in [6.45, 7) is 2.65. The lowest BCUT2D eigenvalue weighted by Gasteiger charge is -2.11. The molecule has 1 aromatic heterocycles. The number of aryl methyl sites for hydroxylation is 1. The summed E-state index contributed by atoms with van der Waals surface area (Å²) in [4.78, 5) is 3.91. The van der Waals surface area contributed by atoms with Gasteiger partial charge in [0.25, 0.3) is 0 Å². The number of aliphatic hydroxyl groups excluding tert-OH is 1. The lowest BCUT2D eigenvalue weighted by atomic mass is 10.2. The molecule has 1 heterocycles. The Morgan fingerprint density at radius 2 is 2.27 bits per heavy atom. The summed E-state index contributed by atoms with van der Waals surface area (Å²) < 4.78 is 23.7. The maximum atomic E-state index is 10.9. The highest BCUT2D eigenvalue weighted by atomic mass is 32.2. The van der Waals surface area contributed by atoms with Gasteiger partial charge in [0, 0.05) is 12.8 Å². The summed E-state index contributed by atoms with van der Waals surface area (Å²) in [6, 6.07) is 0. The minimum atomic E-state index is -3.02. The van der Waals surface area contributed by atoms with E-state index in [-0.39, 0.29) is 12.2 Å². The topological polar surface area (TPSA) is 72.2 Å². The van der Waals surface area contributed by atoms with Gasteiger partial charge < -0.3 is 9.67 Å². The third-order valence-corrected chi connectivity index (χ3v) is 3.17. The first-order valence-corrected chi connectivity index (χ1v) is 6.86. The average molecular weight is 232 g/mol. The molecule has 0 amide bonds. The Bertz CT molecular complexity index is 411. The molecule has 1 unspecified atom stereocenters. The van der Waals surface area contributed by atoms with Crippen molar-refractivity contribution in [2.24, 2.45) is 0 Å². The van der Waals surface area contributed by atoms with Crippen LogP contribution in [0.15, 0.2) is 12.5 Å². The van der Waals surface area contributed by atoms with Crippen molar-refractivity contribution in [2.45, 2.75) is 26.0 Å². The average Bonchev–Trinajstić information content (AvgIpc) is 2.60. The van der Waals surface area contributed by atoms with E-state index in [1.54, 1.807) is 17.1 Å². The molecule has 86 valence electrons. The Kier molecular flexibility index (Phi) is 3.87. The number of rotatable bonds is 5. The predicted molar refractivity (Wildman–Crippen MR) is 57.2 cm³/mol. The molecule has 1 atom stereocenters. The molecule has 0 radical (unpaired) electrons. The number of imidazole rings is 1. The van der Waals surface area contributed by atoms with Gasteiger partial charge in [0.15, 0.2) is 0 Å². The van der Waals surface area contributed by atoms with E-state index in [0.29, 0.717) is 12.2 Å². The smallest absolute Gasteiger partial charge is 0.147 e. The summed E-state index contributed by atoms with van der Waals surface area (Å²) in [5.41, 5.74) is 0.668. The molecule has 0 aliphatic carbocycles. The molecule has 0 aliphatic rings. The first-order valence-electron chi connectivity index (χ1n) is 4.80. The zero-order chi connectivity index (χ0) is 11.5. The minimum Gasteiger partial charge on any atom is -0.387 e. The third kappa shape index (κ3) is 3.64. The van der Waals surface area contributed by atoms with Crippen molar-refractivity contribution in [3.05, 3.63) is 18.2 Å². The van der Waals surface area contributed by atoms with Gasteiger partial charge in [-0.2, -0.15) is 0 Å². The molecular weight excluding hydrogens is 216 g/mol. The Morgan fingerprint density at radius 3 is 2.80 bits per heavy atom. The van der Waals surface area contributed by atoms with Crippen molar-refractivity contribution < 1.29 is 13.5 Å². The maximum absolute atomic E-state index is 10.9. The van der Waals surface area contributed by atoms with Crippen LogP contribution in [0.3, 0.4) is 0 Å². The Hall–Kier alpha value is -0.880. The second-order valence-electron chi connectivity index (χ2n) is 3.54. The molecule has 0 bridgehead atoms. The number of aliphatic hydroxyl groups is 1. The first-order chi connectivity index (χ1) is 6.94. The SMILES string of the molecule is CCn1cncc1C(O)CCS(C)(=O)=O. The fraction of sp³-hybridized carbons (Fsp3) is 0.667. The maximum Gasteiger partial charge on any atom is 0.147 e. The van der Waals surface area contributed by atoms with Gasteiger partial charge in [0.05, 0.1) is 30.1 Å². The number of hydrogen-bond acceptors (Lipinski definition) is 4. The minimum absolute atomic E-state index is 0.0109. The van der Waals surface area contributed by atoms with E-state index in [1.165, 1.54) is 0 Å². The van der Waals surface area contributed by atoms with Crippen LogP contribution < -0.4 is 0 Å². The van der Waals surface area contributed by atoms with E-state index in [1.807, 2.05) is 6.92 Å². The van der Waals surface area contributed by atoms with Crippen molar-refractivity contribution >= 4 is 9.84 Å². The second-order valence-corrected chi connectivity index (χ2v) is 5.80. The highest BCUT2D eigenvalue weighted by Gasteiger charge is 2.14. The number of nitrogens with zero attached hydrogens (tertiary/aromatic N) is 2. The summed E-state index contributed by atoms with van der Waals surface area (Å²) >= 11 is 0. The van der Waals surface area contributed by atoms with Crippen LogP contribution in [0.2, 0.25) is 0 Å². The van der Waals surface area contributed by atoms with Crippen molar-refractivity contribution in [3.8, 4) is 0 Å². The van der Waals surface area contributed by atoms with Crippen molar-refractivity contribution in [1.82, 2.24) is 9.55 Å². The van der Waals surface area contributed by atoms with Gasteiger partial charge in [-0.25, -0.2) is 13.4 Å². The monoisotopic (exact) mass is 232 g/mol. The molecule has 0 aromatic carbocycles. The molecule has 5 nitrogen and oxygen atoms in total. The van der Waals surface area contributed by atoms with Gasteiger partial charge in [0.1, 0.15) is 9.84 Å². The van der Waals surface area contributed by atoms with Crippen LogP contribution in [0.4, 0.5) is 0 Å². The highest BCUT2D eigenvalue weighted by molar-refractivity contribution is 7.90. The van der Waals surface area contributed by atoms with Crippen LogP contribution in [0.25, 0.3) is 0 Å². The normalized spacial score (nSPS) is 14.1. The Balaban J connectivity index is 2.65. The molecule has 0 saturated carbocycles. The largest absolute Gasteiger partial charge is 0.387 e. The molecule has 1 aromatic rings. The van der Waals surface area contributed by atoms with Gasteiger partial charge in [0.2, 0.25) is 0 Å². The number of aromatic nitrogens is 2. The fourth-order valence-corrected chi connectivity index (χ4v) is 2.00. The van der Waals surface area contributed by atoms with Crippen molar-refractivity contribution in [1.29, 1.82) is 0 Å².